The highest BCUT2D eigenvalue weighted by molar-refractivity contribution is 5.51. The van der Waals surface area contributed by atoms with Crippen LogP contribution in [0.5, 0.6) is 0 Å². The van der Waals surface area contributed by atoms with Crippen LogP contribution >= 0.6 is 0 Å². The van der Waals surface area contributed by atoms with E-state index in [1.54, 1.807) is 0 Å². The Balaban J connectivity index is 3.11. The zero-order chi connectivity index (χ0) is 13.7. The van der Waals surface area contributed by atoms with Crippen LogP contribution in [0.3, 0.4) is 0 Å². The molecule has 1 atom stereocenters. The average Bonchev–Trinajstić information content (AvgIpc) is 2.34. The molecule has 1 aromatic heterocycles. The molecule has 102 valence electrons. The van der Waals surface area contributed by atoms with E-state index < -0.39 is 0 Å². The molecule has 0 spiro atoms. The van der Waals surface area contributed by atoms with Crippen molar-refractivity contribution in [2.24, 2.45) is 11.7 Å². The van der Waals surface area contributed by atoms with Gasteiger partial charge in [-0.05, 0) is 38.3 Å². The van der Waals surface area contributed by atoms with Gasteiger partial charge in [0.05, 0.1) is 0 Å². The fourth-order valence-electron chi connectivity index (χ4n) is 2.23. The van der Waals surface area contributed by atoms with Gasteiger partial charge in [-0.2, -0.15) is 0 Å². The molecular formula is C15H27N3. The number of rotatable bonds is 6. The van der Waals surface area contributed by atoms with Gasteiger partial charge in [0, 0.05) is 30.9 Å². The lowest BCUT2D eigenvalue weighted by Crippen LogP contribution is -2.30. The lowest BCUT2D eigenvalue weighted by atomic mass is 10.1. The van der Waals surface area contributed by atoms with E-state index in [0.717, 1.165) is 24.6 Å². The van der Waals surface area contributed by atoms with Gasteiger partial charge in [-0.25, -0.2) is 4.98 Å². The molecule has 2 N–H and O–H groups in total. The van der Waals surface area contributed by atoms with Crippen molar-refractivity contribution in [1.82, 2.24) is 4.98 Å². The van der Waals surface area contributed by atoms with E-state index in [1.165, 1.54) is 17.5 Å². The summed E-state index contributed by atoms with van der Waals surface area (Å²) in [6.45, 7) is 13.5. The monoisotopic (exact) mass is 249 g/mol. The highest BCUT2D eigenvalue weighted by Crippen LogP contribution is 2.23. The Morgan fingerprint density at radius 2 is 2.00 bits per heavy atom. The summed E-state index contributed by atoms with van der Waals surface area (Å²) in [5, 5.41) is 0. The van der Waals surface area contributed by atoms with Gasteiger partial charge in [0.1, 0.15) is 5.82 Å². The molecule has 0 aliphatic heterocycles. The molecule has 0 bridgehead atoms. The van der Waals surface area contributed by atoms with Crippen LogP contribution in [0.1, 0.15) is 44.0 Å². The van der Waals surface area contributed by atoms with Crippen molar-refractivity contribution in [3.05, 3.63) is 22.9 Å². The number of anilines is 1. The summed E-state index contributed by atoms with van der Waals surface area (Å²) in [7, 11) is 0. The van der Waals surface area contributed by atoms with E-state index in [0.29, 0.717) is 12.5 Å². The van der Waals surface area contributed by atoms with Crippen molar-refractivity contribution in [1.29, 1.82) is 0 Å². The number of hydrogen-bond donors (Lipinski definition) is 1. The second-order valence-corrected chi connectivity index (χ2v) is 5.14. The molecular weight excluding hydrogens is 222 g/mol. The number of aryl methyl sites for hydroxylation is 2. The molecule has 0 aromatic carbocycles. The minimum absolute atomic E-state index is 0.561. The molecule has 0 aliphatic carbocycles. The van der Waals surface area contributed by atoms with Crippen LogP contribution in [-0.4, -0.2) is 18.1 Å². The summed E-state index contributed by atoms with van der Waals surface area (Å²) < 4.78 is 0. The Bertz CT molecular complexity index is 388. The summed E-state index contributed by atoms with van der Waals surface area (Å²) in [6.07, 6.45) is 1.19. The van der Waals surface area contributed by atoms with Gasteiger partial charge >= 0.3 is 0 Å². The normalized spacial score (nSPS) is 12.6. The Labute approximate surface area is 111 Å². The second kappa shape index (κ2) is 6.74. The molecule has 18 heavy (non-hydrogen) atoms. The quantitative estimate of drug-likeness (QED) is 0.842. The fraction of sp³-hybridized carbons (Fsp3) is 0.667. The first-order valence-corrected chi connectivity index (χ1v) is 6.95. The molecule has 0 saturated heterocycles. The molecule has 1 heterocycles. The molecule has 0 radical (unpaired) electrons. The van der Waals surface area contributed by atoms with E-state index in [-0.39, 0.29) is 0 Å². The van der Waals surface area contributed by atoms with Crippen molar-refractivity contribution in [3.63, 3.8) is 0 Å². The zero-order valence-corrected chi connectivity index (χ0v) is 12.5. The van der Waals surface area contributed by atoms with Gasteiger partial charge < -0.3 is 10.6 Å². The van der Waals surface area contributed by atoms with Gasteiger partial charge in [-0.3, -0.25) is 0 Å². The van der Waals surface area contributed by atoms with Crippen molar-refractivity contribution in [3.8, 4) is 0 Å². The third kappa shape index (κ3) is 3.45. The van der Waals surface area contributed by atoms with Crippen LogP contribution in [0.4, 0.5) is 5.82 Å². The smallest absolute Gasteiger partial charge is 0.133 e. The maximum absolute atomic E-state index is 5.89. The lowest BCUT2D eigenvalue weighted by Gasteiger charge is -2.28. The maximum atomic E-state index is 5.89. The van der Waals surface area contributed by atoms with E-state index in [1.807, 2.05) is 6.92 Å². The first-order chi connectivity index (χ1) is 8.53. The van der Waals surface area contributed by atoms with E-state index >= 15 is 0 Å². The van der Waals surface area contributed by atoms with Gasteiger partial charge in [0.2, 0.25) is 0 Å². The van der Waals surface area contributed by atoms with Gasteiger partial charge in [0.25, 0.3) is 0 Å². The topological polar surface area (TPSA) is 42.2 Å². The molecule has 1 unspecified atom stereocenters. The summed E-state index contributed by atoms with van der Waals surface area (Å²) in [5.41, 5.74) is 9.40. The molecule has 0 amide bonds. The zero-order valence-electron chi connectivity index (χ0n) is 12.5. The van der Waals surface area contributed by atoms with Crippen molar-refractivity contribution in [2.75, 3.05) is 18.0 Å². The molecule has 1 aromatic rings. The third-order valence-electron chi connectivity index (χ3n) is 3.57. The Morgan fingerprint density at radius 3 is 2.50 bits per heavy atom. The Hall–Kier alpha value is -1.09. The fourth-order valence-corrected chi connectivity index (χ4v) is 2.23. The highest BCUT2D eigenvalue weighted by Gasteiger charge is 2.15. The Morgan fingerprint density at radius 1 is 1.33 bits per heavy atom. The number of hydrogen-bond acceptors (Lipinski definition) is 3. The summed E-state index contributed by atoms with van der Waals surface area (Å²) >= 11 is 0. The summed E-state index contributed by atoms with van der Waals surface area (Å²) in [4.78, 5) is 7.07. The van der Waals surface area contributed by atoms with E-state index in [2.05, 4.69) is 38.7 Å². The second-order valence-electron chi connectivity index (χ2n) is 5.14. The number of aromatic nitrogens is 1. The van der Waals surface area contributed by atoms with Crippen LogP contribution in [0.2, 0.25) is 0 Å². The molecule has 0 aliphatic rings. The maximum Gasteiger partial charge on any atom is 0.133 e. The minimum Gasteiger partial charge on any atom is -0.356 e. The molecule has 3 heteroatoms. The van der Waals surface area contributed by atoms with Crippen LogP contribution in [0.25, 0.3) is 0 Å². The van der Waals surface area contributed by atoms with Crippen LogP contribution in [0.15, 0.2) is 6.07 Å². The summed E-state index contributed by atoms with van der Waals surface area (Å²) in [6, 6.07) is 2.11. The molecule has 1 rings (SSSR count). The SMILES string of the molecule is CCC(C)CN(CC)c1nc(C)cc(C)c1CN. The first kappa shape index (κ1) is 15.0. The number of nitrogens with two attached hydrogens (primary N) is 1. The van der Waals surface area contributed by atoms with Crippen molar-refractivity contribution in [2.45, 2.75) is 47.6 Å². The number of nitrogens with zero attached hydrogens (tertiary/aromatic N) is 2. The van der Waals surface area contributed by atoms with Crippen molar-refractivity contribution >= 4 is 5.82 Å². The first-order valence-electron chi connectivity index (χ1n) is 6.95. The Kier molecular flexibility index (Phi) is 5.60. The van der Waals surface area contributed by atoms with E-state index in [4.69, 9.17) is 10.7 Å². The largest absolute Gasteiger partial charge is 0.356 e. The third-order valence-corrected chi connectivity index (χ3v) is 3.57. The predicted molar refractivity (Wildman–Crippen MR) is 78.9 cm³/mol. The average molecular weight is 249 g/mol. The predicted octanol–water partition coefficient (Wildman–Crippen LogP) is 3.03. The van der Waals surface area contributed by atoms with Crippen LogP contribution < -0.4 is 10.6 Å². The molecule has 0 fully saturated rings. The van der Waals surface area contributed by atoms with Crippen molar-refractivity contribution < 1.29 is 0 Å². The van der Waals surface area contributed by atoms with Gasteiger partial charge in [0.15, 0.2) is 0 Å². The van der Waals surface area contributed by atoms with Gasteiger partial charge in [-0.1, -0.05) is 20.3 Å². The number of pyridine rings is 1. The molecule has 3 nitrogen and oxygen atoms in total. The van der Waals surface area contributed by atoms with E-state index in [9.17, 15) is 0 Å². The molecule has 0 saturated carbocycles. The highest BCUT2D eigenvalue weighted by atomic mass is 15.2. The van der Waals surface area contributed by atoms with Crippen LogP contribution in [-0.2, 0) is 6.54 Å². The standard InChI is InChI=1S/C15H27N3/c1-6-11(3)10-18(7-2)15-14(9-16)12(4)8-13(5)17-15/h8,11H,6-7,9-10,16H2,1-5H3. The van der Waals surface area contributed by atoms with Gasteiger partial charge in [-0.15, -0.1) is 0 Å². The van der Waals surface area contributed by atoms with Crippen LogP contribution in [0, 0.1) is 19.8 Å². The lowest BCUT2D eigenvalue weighted by molar-refractivity contribution is 0.544. The summed E-state index contributed by atoms with van der Waals surface area (Å²) in [5.74, 6) is 1.76. The minimum atomic E-state index is 0.561.